The Kier molecular flexibility index (Phi) is 4.49. The number of halogens is 1. The van der Waals surface area contributed by atoms with Gasteiger partial charge in [0.05, 0.1) is 5.75 Å². The van der Waals surface area contributed by atoms with E-state index in [4.69, 9.17) is 0 Å². The fourth-order valence-electron chi connectivity index (χ4n) is 1.45. The topological polar surface area (TPSA) is 72.0 Å². The van der Waals surface area contributed by atoms with Crippen molar-refractivity contribution in [2.75, 3.05) is 10.5 Å². The maximum Gasteiger partial charge on any atom is 0.234 e. The summed E-state index contributed by atoms with van der Waals surface area (Å²) in [7, 11) is -3.39. The zero-order valence-corrected chi connectivity index (χ0v) is 12.4. The fourth-order valence-corrected chi connectivity index (χ4v) is 2.73. The average molecular weight is 342 g/mol. The van der Waals surface area contributed by atoms with Crippen molar-refractivity contribution in [2.24, 2.45) is 0 Å². The third-order valence-electron chi connectivity index (χ3n) is 2.40. The molecule has 0 radical (unpaired) electrons. The summed E-state index contributed by atoms with van der Waals surface area (Å²) in [5.74, 6) is 0.326. The van der Waals surface area contributed by atoms with Gasteiger partial charge in [-0.3, -0.25) is 9.71 Å². The summed E-state index contributed by atoms with van der Waals surface area (Å²) in [5, 5.41) is 0. The largest absolute Gasteiger partial charge is 0.267 e. The maximum atomic E-state index is 11.9. The molecule has 2 aromatic rings. The molecule has 5 nitrogen and oxygen atoms in total. The molecule has 1 N–H and O–H groups in total. The van der Waals surface area contributed by atoms with Gasteiger partial charge in [0.2, 0.25) is 10.0 Å². The first-order valence-electron chi connectivity index (χ1n) is 5.56. The summed E-state index contributed by atoms with van der Waals surface area (Å²) in [6.07, 6.45) is 5.27. The Morgan fingerprint density at radius 1 is 1.16 bits per heavy atom. The number of nitrogens with one attached hydrogen (secondary N) is 1. The Bertz CT molecular complexity index is 630. The first kappa shape index (κ1) is 14.0. The molecule has 0 aliphatic rings. The van der Waals surface area contributed by atoms with Gasteiger partial charge in [-0.2, -0.15) is 0 Å². The molecule has 0 aromatic carbocycles. The average Bonchev–Trinajstić information content (AvgIpc) is 2.40. The normalized spacial score (nSPS) is 11.2. The van der Waals surface area contributed by atoms with Gasteiger partial charge in [-0.1, -0.05) is 0 Å². The first-order chi connectivity index (χ1) is 9.05. The molecule has 0 fully saturated rings. The van der Waals surface area contributed by atoms with E-state index in [2.05, 4.69) is 30.6 Å². The van der Waals surface area contributed by atoms with Crippen molar-refractivity contribution in [3.63, 3.8) is 0 Å². The highest BCUT2D eigenvalue weighted by Crippen LogP contribution is 2.12. The Labute approximate surface area is 120 Å². The first-order valence-corrected chi connectivity index (χ1v) is 8.01. The third-order valence-corrected chi connectivity index (χ3v) is 4.13. The van der Waals surface area contributed by atoms with Crippen molar-refractivity contribution in [3.05, 3.63) is 52.9 Å². The predicted octanol–water partition coefficient (Wildman–Crippen LogP) is 2.22. The maximum absolute atomic E-state index is 11.9. The molecule has 2 rings (SSSR count). The molecular weight excluding hydrogens is 330 g/mol. The van der Waals surface area contributed by atoms with Crippen LogP contribution in [0, 0.1) is 0 Å². The van der Waals surface area contributed by atoms with Crippen LogP contribution in [0.5, 0.6) is 0 Å². The monoisotopic (exact) mass is 341 g/mol. The number of pyridine rings is 2. The molecule has 19 heavy (non-hydrogen) atoms. The van der Waals surface area contributed by atoms with Crippen molar-refractivity contribution < 1.29 is 8.42 Å². The quantitative estimate of drug-likeness (QED) is 0.904. The van der Waals surface area contributed by atoms with Gasteiger partial charge in [-0.15, -0.1) is 0 Å². The van der Waals surface area contributed by atoms with E-state index >= 15 is 0 Å². The van der Waals surface area contributed by atoms with Crippen molar-refractivity contribution >= 4 is 31.8 Å². The number of sulfonamides is 1. The molecule has 0 amide bonds. The van der Waals surface area contributed by atoms with E-state index in [0.29, 0.717) is 12.2 Å². The molecular formula is C12H12BrN3O2S. The van der Waals surface area contributed by atoms with Crippen LogP contribution in [-0.4, -0.2) is 24.1 Å². The van der Waals surface area contributed by atoms with Gasteiger partial charge in [0, 0.05) is 23.1 Å². The molecule has 0 unspecified atom stereocenters. The van der Waals surface area contributed by atoms with Crippen LogP contribution < -0.4 is 4.72 Å². The summed E-state index contributed by atoms with van der Waals surface area (Å²) < 4.78 is 27.0. The highest BCUT2D eigenvalue weighted by Gasteiger charge is 2.11. The number of nitrogens with zero attached hydrogens (tertiary/aromatic N) is 2. The van der Waals surface area contributed by atoms with E-state index in [1.54, 1.807) is 42.9 Å². The SMILES string of the molecule is O=S(=O)(CCc1ccncc1)Nc1ccc(Br)cn1. The number of hydrogen-bond acceptors (Lipinski definition) is 4. The van der Waals surface area contributed by atoms with Gasteiger partial charge in [-0.25, -0.2) is 13.4 Å². The lowest BCUT2D eigenvalue weighted by Crippen LogP contribution is -2.18. The van der Waals surface area contributed by atoms with Crippen LogP contribution in [0.15, 0.2) is 47.3 Å². The van der Waals surface area contributed by atoms with E-state index in [9.17, 15) is 8.42 Å². The van der Waals surface area contributed by atoms with Gasteiger partial charge in [0.1, 0.15) is 5.82 Å². The molecule has 0 aliphatic carbocycles. The van der Waals surface area contributed by atoms with Crippen molar-refractivity contribution in [1.82, 2.24) is 9.97 Å². The van der Waals surface area contributed by atoms with Crippen LogP contribution in [0.1, 0.15) is 5.56 Å². The van der Waals surface area contributed by atoms with Gasteiger partial charge >= 0.3 is 0 Å². The lowest BCUT2D eigenvalue weighted by molar-refractivity contribution is 0.600. The highest BCUT2D eigenvalue weighted by molar-refractivity contribution is 9.10. The van der Waals surface area contributed by atoms with E-state index in [-0.39, 0.29) is 5.75 Å². The number of rotatable bonds is 5. The number of hydrogen-bond donors (Lipinski definition) is 1. The van der Waals surface area contributed by atoms with Crippen LogP contribution in [0.4, 0.5) is 5.82 Å². The molecule has 0 saturated heterocycles. The zero-order chi connectivity index (χ0) is 13.7. The number of aromatic nitrogens is 2. The second-order valence-corrected chi connectivity index (χ2v) is 6.65. The molecule has 0 spiro atoms. The van der Waals surface area contributed by atoms with Crippen LogP contribution in [0.25, 0.3) is 0 Å². The Balaban J connectivity index is 1.97. The molecule has 100 valence electrons. The molecule has 0 atom stereocenters. The lowest BCUT2D eigenvalue weighted by atomic mass is 10.2. The van der Waals surface area contributed by atoms with Gasteiger partial charge in [0.25, 0.3) is 0 Å². The molecule has 7 heteroatoms. The molecule has 0 aliphatic heterocycles. The van der Waals surface area contributed by atoms with Crippen molar-refractivity contribution in [2.45, 2.75) is 6.42 Å². The highest BCUT2D eigenvalue weighted by atomic mass is 79.9. The summed E-state index contributed by atoms with van der Waals surface area (Å²) >= 11 is 3.24. The van der Waals surface area contributed by atoms with E-state index in [1.807, 2.05) is 0 Å². The van der Waals surface area contributed by atoms with E-state index in [0.717, 1.165) is 10.0 Å². The lowest BCUT2D eigenvalue weighted by Gasteiger charge is -2.07. The molecule has 0 saturated carbocycles. The summed E-state index contributed by atoms with van der Waals surface area (Å²) in [4.78, 5) is 7.86. The summed E-state index contributed by atoms with van der Waals surface area (Å²) in [6, 6.07) is 6.93. The van der Waals surface area contributed by atoms with Gasteiger partial charge < -0.3 is 0 Å². The summed E-state index contributed by atoms with van der Waals surface area (Å²) in [5.41, 5.74) is 0.934. The number of anilines is 1. The smallest absolute Gasteiger partial charge is 0.234 e. The van der Waals surface area contributed by atoms with Crippen molar-refractivity contribution in [1.29, 1.82) is 0 Å². The third kappa shape index (κ3) is 4.60. The van der Waals surface area contributed by atoms with Gasteiger partial charge in [0.15, 0.2) is 0 Å². The Morgan fingerprint density at radius 3 is 2.53 bits per heavy atom. The van der Waals surface area contributed by atoms with Crippen LogP contribution in [0.2, 0.25) is 0 Å². The Morgan fingerprint density at radius 2 is 1.89 bits per heavy atom. The Hall–Kier alpha value is -1.47. The summed E-state index contributed by atoms with van der Waals surface area (Å²) in [6.45, 7) is 0. The van der Waals surface area contributed by atoms with Crippen molar-refractivity contribution in [3.8, 4) is 0 Å². The minimum Gasteiger partial charge on any atom is -0.267 e. The second-order valence-electron chi connectivity index (χ2n) is 3.89. The number of aryl methyl sites for hydroxylation is 1. The zero-order valence-electron chi connectivity index (χ0n) is 9.95. The fraction of sp³-hybridized carbons (Fsp3) is 0.167. The standard InChI is InChI=1S/C12H12BrN3O2S/c13-11-1-2-12(15-9-11)16-19(17,18)8-5-10-3-6-14-7-4-10/h1-4,6-7,9H,5,8H2,(H,15,16). The second kappa shape index (κ2) is 6.12. The molecule has 2 aromatic heterocycles. The van der Waals surface area contributed by atoms with Crippen LogP contribution >= 0.6 is 15.9 Å². The van der Waals surface area contributed by atoms with Gasteiger partial charge in [-0.05, 0) is 52.2 Å². The van der Waals surface area contributed by atoms with E-state index < -0.39 is 10.0 Å². The van der Waals surface area contributed by atoms with Crippen LogP contribution in [0.3, 0.4) is 0 Å². The molecule has 0 bridgehead atoms. The minimum atomic E-state index is -3.39. The molecule has 2 heterocycles. The minimum absolute atomic E-state index is 0.00869. The van der Waals surface area contributed by atoms with E-state index in [1.165, 1.54) is 0 Å². The predicted molar refractivity (Wildman–Crippen MR) is 77.3 cm³/mol. The van der Waals surface area contributed by atoms with Crippen LogP contribution in [-0.2, 0) is 16.4 Å².